The molecule has 0 aromatic carbocycles. The Kier molecular flexibility index (Phi) is 4.70. The van der Waals surface area contributed by atoms with E-state index in [1.165, 1.54) is 41.9 Å². The van der Waals surface area contributed by atoms with Gasteiger partial charge in [-0.05, 0) is 41.8 Å². The van der Waals surface area contributed by atoms with Gasteiger partial charge in [0, 0.05) is 9.75 Å². The molecule has 3 rings (SSSR count). The average Bonchev–Trinajstić information content (AvgIpc) is 3.15. The predicted octanol–water partition coefficient (Wildman–Crippen LogP) is 5.07. The predicted molar refractivity (Wildman–Crippen MR) is 85.1 cm³/mol. The van der Waals surface area contributed by atoms with Gasteiger partial charge in [0.05, 0.1) is 6.04 Å². The first-order valence-electron chi connectivity index (χ1n) is 7.23. The molecule has 0 saturated heterocycles. The molecular weight excluding hydrogens is 270 g/mol. The second-order valence-electron chi connectivity index (χ2n) is 5.36. The first kappa shape index (κ1) is 13.3. The van der Waals surface area contributed by atoms with E-state index in [2.05, 4.69) is 40.3 Å². The van der Waals surface area contributed by atoms with E-state index in [1.807, 2.05) is 22.7 Å². The second kappa shape index (κ2) is 6.69. The molecule has 1 fully saturated rings. The normalized spacial score (nSPS) is 16.5. The third-order valence-electron chi connectivity index (χ3n) is 4.03. The van der Waals surface area contributed by atoms with Crippen LogP contribution >= 0.6 is 22.7 Å². The maximum atomic E-state index is 3.77. The van der Waals surface area contributed by atoms with Crippen LogP contribution < -0.4 is 5.32 Å². The average molecular weight is 291 g/mol. The Hall–Kier alpha value is -0.640. The molecule has 1 aliphatic carbocycles. The summed E-state index contributed by atoms with van der Waals surface area (Å²) in [6.07, 6.45) is 7.13. The zero-order valence-corrected chi connectivity index (χ0v) is 12.8. The van der Waals surface area contributed by atoms with Crippen molar-refractivity contribution in [1.82, 2.24) is 5.32 Å². The van der Waals surface area contributed by atoms with Crippen molar-refractivity contribution in [2.45, 2.75) is 38.1 Å². The molecule has 0 amide bonds. The van der Waals surface area contributed by atoms with Crippen molar-refractivity contribution in [2.24, 2.45) is 5.92 Å². The van der Waals surface area contributed by atoms with Gasteiger partial charge in [0.1, 0.15) is 0 Å². The summed E-state index contributed by atoms with van der Waals surface area (Å²) in [6, 6.07) is 9.20. The van der Waals surface area contributed by atoms with E-state index in [0.29, 0.717) is 6.04 Å². The summed E-state index contributed by atoms with van der Waals surface area (Å²) >= 11 is 3.71. The van der Waals surface area contributed by atoms with Crippen molar-refractivity contribution in [3.63, 3.8) is 0 Å². The van der Waals surface area contributed by atoms with E-state index in [-0.39, 0.29) is 0 Å². The fourth-order valence-corrected chi connectivity index (χ4v) is 4.69. The van der Waals surface area contributed by atoms with Crippen LogP contribution in [0.5, 0.6) is 0 Å². The Labute approximate surface area is 123 Å². The van der Waals surface area contributed by atoms with Crippen molar-refractivity contribution >= 4 is 22.7 Å². The van der Waals surface area contributed by atoms with Gasteiger partial charge >= 0.3 is 0 Å². The lowest BCUT2D eigenvalue weighted by atomic mass is 10.0. The minimum absolute atomic E-state index is 0.404. The first-order chi connectivity index (χ1) is 9.43. The molecule has 0 unspecified atom stereocenters. The molecule has 1 N–H and O–H groups in total. The van der Waals surface area contributed by atoms with E-state index >= 15 is 0 Å². The Balaban J connectivity index is 1.60. The van der Waals surface area contributed by atoms with Crippen LogP contribution in [0.2, 0.25) is 0 Å². The highest BCUT2D eigenvalue weighted by molar-refractivity contribution is 7.11. The van der Waals surface area contributed by atoms with Gasteiger partial charge in [-0.15, -0.1) is 22.7 Å². The zero-order valence-electron chi connectivity index (χ0n) is 11.2. The lowest BCUT2D eigenvalue weighted by molar-refractivity contribution is 0.465. The minimum Gasteiger partial charge on any atom is -0.305 e. The number of hydrogen-bond acceptors (Lipinski definition) is 3. The third kappa shape index (κ3) is 3.47. The van der Waals surface area contributed by atoms with Crippen LogP contribution in [-0.2, 0) is 0 Å². The summed E-state index contributed by atoms with van der Waals surface area (Å²) in [4.78, 5) is 2.88. The zero-order chi connectivity index (χ0) is 12.9. The van der Waals surface area contributed by atoms with Gasteiger partial charge in [0.25, 0.3) is 0 Å². The molecule has 0 radical (unpaired) electrons. The summed E-state index contributed by atoms with van der Waals surface area (Å²) in [7, 11) is 0. The monoisotopic (exact) mass is 291 g/mol. The molecule has 0 bridgehead atoms. The number of nitrogens with one attached hydrogen (secondary N) is 1. The van der Waals surface area contributed by atoms with Crippen LogP contribution in [0, 0.1) is 5.92 Å². The quantitative estimate of drug-likeness (QED) is 0.783. The molecule has 1 saturated carbocycles. The second-order valence-corrected chi connectivity index (χ2v) is 7.32. The van der Waals surface area contributed by atoms with E-state index in [4.69, 9.17) is 0 Å². The van der Waals surface area contributed by atoms with Crippen LogP contribution in [0.15, 0.2) is 35.0 Å². The lowest BCUT2D eigenvalue weighted by Crippen LogP contribution is -2.23. The van der Waals surface area contributed by atoms with Gasteiger partial charge in [-0.3, -0.25) is 0 Å². The van der Waals surface area contributed by atoms with Crippen molar-refractivity contribution in [1.29, 1.82) is 0 Å². The van der Waals surface area contributed by atoms with Crippen molar-refractivity contribution in [3.05, 3.63) is 44.8 Å². The molecule has 0 atom stereocenters. The van der Waals surface area contributed by atoms with Crippen LogP contribution in [-0.4, -0.2) is 6.54 Å². The SMILES string of the molecule is c1csc(C(NCCC2CCCC2)c2cccs2)c1. The fraction of sp³-hybridized carbons (Fsp3) is 0.500. The highest BCUT2D eigenvalue weighted by Crippen LogP contribution is 2.30. The Morgan fingerprint density at radius 1 is 1.05 bits per heavy atom. The lowest BCUT2D eigenvalue weighted by Gasteiger charge is -2.17. The van der Waals surface area contributed by atoms with Gasteiger partial charge in [-0.2, -0.15) is 0 Å². The molecule has 2 aromatic rings. The summed E-state index contributed by atoms with van der Waals surface area (Å²) < 4.78 is 0. The maximum absolute atomic E-state index is 3.77. The summed E-state index contributed by atoms with van der Waals surface area (Å²) in [5.41, 5.74) is 0. The topological polar surface area (TPSA) is 12.0 Å². The highest BCUT2D eigenvalue weighted by atomic mass is 32.1. The number of thiophene rings is 2. The highest BCUT2D eigenvalue weighted by Gasteiger charge is 2.18. The molecule has 0 aliphatic heterocycles. The molecule has 3 heteroatoms. The molecule has 2 aromatic heterocycles. The molecule has 19 heavy (non-hydrogen) atoms. The molecule has 1 aliphatic rings. The van der Waals surface area contributed by atoms with Crippen LogP contribution in [0.1, 0.15) is 47.9 Å². The van der Waals surface area contributed by atoms with Crippen LogP contribution in [0.3, 0.4) is 0 Å². The van der Waals surface area contributed by atoms with Crippen molar-refractivity contribution < 1.29 is 0 Å². The fourth-order valence-electron chi connectivity index (χ4n) is 2.98. The van der Waals surface area contributed by atoms with E-state index in [9.17, 15) is 0 Å². The van der Waals surface area contributed by atoms with Gasteiger partial charge in [0.15, 0.2) is 0 Å². The standard InChI is InChI=1S/C16H21NS2/c1-2-6-13(5-1)9-10-17-16(14-7-3-11-18-14)15-8-4-12-19-15/h3-4,7-8,11-13,16-17H,1-2,5-6,9-10H2. The van der Waals surface area contributed by atoms with E-state index in [0.717, 1.165) is 12.5 Å². The maximum Gasteiger partial charge on any atom is 0.0764 e. The van der Waals surface area contributed by atoms with Gasteiger partial charge in [-0.25, -0.2) is 0 Å². The summed E-state index contributed by atoms with van der Waals surface area (Å²) in [6.45, 7) is 1.14. The molecule has 0 spiro atoms. The molecule has 102 valence electrons. The van der Waals surface area contributed by atoms with Crippen molar-refractivity contribution in [2.75, 3.05) is 6.54 Å². The van der Waals surface area contributed by atoms with Crippen LogP contribution in [0.25, 0.3) is 0 Å². The summed E-state index contributed by atoms with van der Waals surface area (Å²) in [5.74, 6) is 0.972. The smallest absolute Gasteiger partial charge is 0.0764 e. The molecule has 1 nitrogen and oxygen atoms in total. The van der Waals surface area contributed by atoms with E-state index in [1.54, 1.807) is 0 Å². The van der Waals surface area contributed by atoms with Crippen LogP contribution in [0.4, 0.5) is 0 Å². The third-order valence-corrected chi connectivity index (χ3v) is 5.91. The first-order valence-corrected chi connectivity index (χ1v) is 8.99. The van der Waals surface area contributed by atoms with Gasteiger partial charge in [0.2, 0.25) is 0 Å². The Bertz CT molecular complexity index is 421. The molecular formula is C16H21NS2. The van der Waals surface area contributed by atoms with Gasteiger partial charge in [-0.1, -0.05) is 37.8 Å². The minimum atomic E-state index is 0.404. The van der Waals surface area contributed by atoms with Crippen molar-refractivity contribution in [3.8, 4) is 0 Å². The Morgan fingerprint density at radius 2 is 1.68 bits per heavy atom. The Morgan fingerprint density at radius 3 is 2.21 bits per heavy atom. The van der Waals surface area contributed by atoms with E-state index < -0.39 is 0 Å². The summed E-state index contributed by atoms with van der Waals surface area (Å²) in [5, 5.41) is 8.12. The number of hydrogen-bond donors (Lipinski definition) is 1. The largest absolute Gasteiger partial charge is 0.305 e. The number of rotatable bonds is 6. The van der Waals surface area contributed by atoms with Gasteiger partial charge < -0.3 is 5.32 Å². The molecule has 2 heterocycles.